The number of amides is 3. The fourth-order valence-electron chi connectivity index (χ4n) is 3.88. The predicted molar refractivity (Wildman–Crippen MR) is 110 cm³/mol. The van der Waals surface area contributed by atoms with Crippen LogP contribution in [0, 0.1) is 5.82 Å². The Kier molecular flexibility index (Phi) is 5.27. The molecule has 1 N–H and O–H groups in total. The topological polar surface area (TPSA) is 69.7 Å². The summed E-state index contributed by atoms with van der Waals surface area (Å²) in [5.41, 5.74) is 1.04. The van der Waals surface area contributed by atoms with Gasteiger partial charge in [0.1, 0.15) is 18.4 Å². The number of nitrogens with zero attached hydrogens (tertiary/aromatic N) is 2. The number of fused-ring (bicyclic) bond motifs is 2. The van der Waals surface area contributed by atoms with E-state index in [2.05, 4.69) is 5.32 Å². The molecule has 2 aliphatic heterocycles. The number of halogens is 1. The Balaban J connectivity index is 1.66. The van der Waals surface area contributed by atoms with E-state index in [1.54, 1.807) is 6.07 Å². The van der Waals surface area contributed by atoms with E-state index < -0.39 is 11.9 Å². The molecule has 0 aromatic heterocycles. The Morgan fingerprint density at radius 3 is 2.83 bits per heavy atom. The van der Waals surface area contributed by atoms with Gasteiger partial charge in [0.25, 0.3) is 5.91 Å². The van der Waals surface area contributed by atoms with Crippen molar-refractivity contribution in [1.82, 2.24) is 4.90 Å². The van der Waals surface area contributed by atoms with E-state index in [0.29, 0.717) is 25.1 Å². The number of carbonyl (C=O) groups excluding carboxylic acids is 3. The maximum atomic E-state index is 13.8. The van der Waals surface area contributed by atoms with Crippen molar-refractivity contribution in [2.75, 3.05) is 29.6 Å². The van der Waals surface area contributed by atoms with Gasteiger partial charge >= 0.3 is 0 Å². The minimum atomic E-state index is -0.621. The zero-order valence-electron chi connectivity index (χ0n) is 15.9. The molecule has 0 aliphatic carbocycles. The lowest BCUT2D eigenvalue weighted by atomic mass is 10.1. The highest BCUT2D eigenvalue weighted by molar-refractivity contribution is 7.98. The minimum absolute atomic E-state index is 0.111. The molecule has 1 unspecified atom stereocenters. The van der Waals surface area contributed by atoms with Crippen LogP contribution >= 0.6 is 11.8 Å². The number of carbonyl (C=O) groups is 3. The highest BCUT2D eigenvalue weighted by Crippen LogP contribution is 2.33. The van der Waals surface area contributed by atoms with Crippen LogP contribution in [-0.2, 0) is 9.59 Å². The summed E-state index contributed by atoms with van der Waals surface area (Å²) in [5.74, 6) is -1.62. The summed E-state index contributed by atoms with van der Waals surface area (Å²) >= 11 is 1.50. The summed E-state index contributed by atoms with van der Waals surface area (Å²) in [7, 11) is 0. The Labute approximate surface area is 172 Å². The molecule has 2 aromatic carbocycles. The Hall–Kier alpha value is -2.87. The SMILES string of the molecule is CSc1ccccc1NC(=O)CN1C(=O)C2CCCN2C(=O)c2cc(F)ccc21. The molecule has 2 aromatic rings. The monoisotopic (exact) mass is 413 g/mol. The number of benzene rings is 2. The predicted octanol–water partition coefficient (Wildman–Crippen LogP) is 3.14. The number of rotatable bonds is 4. The summed E-state index contributed by atoms with van der Waals surface area (Å²) in [6.07, 6.45) is 3.15. The zero-order valence-corrected chi connectivity index (χ0v) is 16.7. The third kappa shape index (κ3) is 3.60. The van der Waals surface area contributed by atoms with Gasteiger partial charge in [-0.15, -0.1) is 11.8 Å². The largest absolute Gasteiger partial charge is 0.327 e. The molecule has 2 heterocycles. The minimum Gasteiger partial charge on any atom is -0.327 e. The van der Waals surface area contributed by atoms with E-state index in [9.17, 15) is 18.8 Å². The maximum Gasteiger partial charge on any atom is 0.256 e. The Bertz CT molecular complexity index is 997. The number of nitrogens with one attached hydrogen (secondary N) is 1. The second-order valence-corrected chi connectivity index (χ2v) is 7.84. The van der Waals surface area contributed by atoms with E-state index in [1.807, 2.05) is 24.5 Å². The van der Waals surface area contributed by atoms with Crippen LogP contribution in [0.2, 0.25) is 0 Å². The van der Waals surface area contributed by atoms with Crippen LogP contribution < -0.4 is 10.2 Å². The van der Waals surface area contributed by atoms with Gasteiger partial charge in [-0.05, 0) is 49.4 Å². The molecule has 1 atom stereocenters. The van der Waals surface area contributed by atoms with Crippen molar-refractivity contribution in [3.05, 3.63) is 53.8 Å². The van der Waals surface area contributed by atoms with Crippen molar-refractivity contribution in [2.45, 2.75) is 23.8 Å². The number of hydrogen-bond acceptors (Lipinski definition) is 4. The van der Waals surface area contributed by atoms with Gasteiger partial charge < -0.3 is 15.1 Å². The molecule has 8 heteroatoms. The van der Waals surface area contributed by atoms with Crippen molar-refractivity contribution >= 4 is 40.9 Å². The second kappa shape index (κ2) is 7.87. The quantitative estimate of drug-likeness (QED) is 0.782. The van der Waals surface area contributed by atoms with Crippen LogP contribution in [0.1, 0.15) is 23.2 Å². The van der Waals surface area contributed by atoms with Crippen molar-refractivity contribution in [1.29, 1.82) is 0 Å². The van der Waals surface area contributed by atoms with Crippen molar-refractivity contribution in [3.63, 3.8) is 0 Å². The van der Waals surface area contributed by atoms with Crippen LogP contribution in [0.25, 0.3) is 0 Å². The van der Waals surface area contributed by atoms with E-state index in [1.165, 1.54) is 33.7 Å². The normalized spacial score (nSPS) is 18.3. The molecule has 6 nitrogen and oxygen atoms in total. The average Bonchev–Trinajstić information content (AvgIpc) is 3.19. The lowest BCUT2D eigenvalue weighted by Gasteiger charge is -2.25. The molecule has 0 radical (unpaired) electrons. The summed E-state index contributed by atoms with van der Waals surface area (Å²) in [6, 6.07) is 10.5. The molecule has 1 fully saturated rings. The van der Waals surface area contributed by atoms with Crippen LogP contribution in [0.3, 0.4) is 0 Å². The first-order valence-electron chi connectivity index (χ1n) is 9.34. The first kappa shape index (κ1) is 19.4. The summed E-state index contributed by atoms with van der Waals surface area (Å²) < 4.78 is 13.8. The van der Waals surface area contributed by atoms with Crippen LogP contribution in [-0.4, -0.2) is 48.0 Å². The summed E-state index contributed by atoms with van der Waals surface area (Å²) in [6.45, 7) is 0.199. The smallest absolute Gasteiger partial charge is 0.256 e. The first-order chi connectivity index (χ1) is 14.0. The molecule has 1 saturated heterocycles. The van der Waals surface area contributed by atoms with E-state index in [0.717, 1.165) is 11.0 Å². The van der Waals surface area contributed by atoms with Gasteiger partial charge in [-0.2, -0.15) is 0 Å². The highest BCUT2D eigenvalue weighted by Gasteiger charge is 2.42. The van der Waals surface area contributed by atoms with Gasteiger partial charge in [0.05, 0.1) is 16.9 Å². The van der Waals surface area contributed by atoms with Gasteiger partial charge in [0.2, 0.25) is 11.8 Å². The first-order valence-corrected chi connectivity index (χ1v) is 10.6. The molecule has 29 heavy (non-hydrogen) atoms. The van der Waals surface area contributed by atoms with E-state index in [4.69, 9.17) is 0 Å². The number of anilines is 2. The van der Waals surface area contributed by atoms with Crippen molar-refractivity contribution in [3.8, 4) is 0 Å². The van der Waals surface area contributed by atoms with Gasteiger partial charge in [-0.3, -0.25) is 14.4 Å². The van der Waals surface area contributed by atoms with Crippen LogP contribution in [0.5, 0.6) is 0 Å². The van der Waals surface area contributed by atoms with Crippen LogP contribution in [0.15, 0.2) is 47.4 Å². The van der Waals surface area contributed by atoms with Crippen molar-refractivity contribution in [2.24, 2.45) is 0 Å². The molecule has 3 amide bonds. The number of para-hydroxylation sites is 1. The van der Waals surface area contributed by atoms with Crippen LogP contribution in [0.4, 0.5) is 15.8 Å². The second-order valence-electron chi connectivity index (χ2n) is 6.99. The van der Waals surface area contributed by atoms with Gasteiger partial charge in [0.15, 0.2) is 0 Å². The average molecular weight is 413 g/mol. The lowest BCUT2D eigenvalue weighted by Crippen LogP contribution is -2.47. The molecule has 0 saturated carbocycles. The standard InChI is InChI=1S/C21H20FN3O3S/c1-29-18-7-3-2-5-15(18)23-19(26)12-25-16-9-8-13(22)11-14(16)20(27)24-10-4-6-17(24)21(25)28/h2-3,5,7-9,11,17H,4,6,10,12H2,1H3,(H,23,26). The van der Waals surface area contributed by atoms with Crippen molar-refractivity contribution < 1.29 is 18.8 Å². The molecule has 0 bridgehead atoms. The summed E-state index contributed by atoms with van der Waals surface area (Å²) in [5, 5.41) is 2.84. The highest BCUT2D eigenvalue weighted by atomic mass is 32.2. The molecule has 4 rings (SSSR count). The van der Waals surface area contributed by atoms with Gasteiger partial charge in [-0.25, -0.2) is 4.39 Å². The number of hydrogen-bond donors (Lipinski definition) is 1. The maximum absolute atomic E-state index is 13.8. The fraction of sp³-hybridized carbons (Fsp3) is 0.286. The molecule has 0 spiro atoms. The Morgan fingerprint density at radius 2 is 2.03 bits per heavy atom. The fourth-order valence-corrected chi connectivity index (χ4v) is 4.43. The Morgan fingerprint density at radius 1 is 1.24 bits per heavy atom. The van der Waals surface area contributed by atoms with Gasteiger partial charge in [-0.1, -0.05) is 12.1 Å². The molecule has 2 aliphatic rings. The molecule has 150 valence electrons. The molecular formula is C21H20FN3O3S. The van der Waals surface area contributed by atoms with Gasteiger partial charge in [0, 0.05) is 11.4 Å². The number of thioether (sulfide) groups is 1. The third-order valence-electron chi connectivity index (χ3n) is 5.23. The van der Waals surface area contributed by atoms with E-state index in [-0.39, 0.29) is 35.5 Å². The lowest BCUT2D eigenvalue weighted by molar-refractivity contribution is -0.124. The third-order valence-corrected chi connectivity index (χ3v) is 6.02. The van der Waals surface area contributed by atoms with E-state index >= 15 is 0 Å². The zero-order chi connectivity index (χ0) is 20.5. The molecular weight excluding hydrogens is 393 g/mol. The summed E-state index contributed by atoms with van der Waals surface area (Å²) in [4.78, 5) is 42.6.